The molecule has 0 aliphatic heterocycles. The molecule has 1 saturated carbocycles. The maximum atomic E-state index is 5.92. The predicted molar refractivity (Wildman–Crippen MR) is 67.1 cm³/mol. The molecule has 2 nitrogen and oxygen atoms in total. The van der Waals surface area contributed by atoms with Crippen LogP contribution in [0.4, 0.5) is 0 Å². The molecule has 16 heavy (non-hydrogen) atoms. The van der Waals surface area contributed by atoms with Crippen molar-refractivity contribution in [2.75, 3.05) is 13.6 Å². The van der Waals surface area contributed by atoms with Crippen molar-refractivity contribution in [3.63, 3.8) is 0 Å². The molecule has 0 bridgehead atoms. The third-order valence-electron chi connectivity index (χ3n) is 3.08. The number of ether oxygens (including phenoxy) is 1. The van der Waals surface area contributed by atoms with Gasteiger partial charge in [0.05, 0.1) is 6.10 Å². The molecular weight excluding hydrogens is 222 g/mol. The van der Waals surface area contributed by atoms with Crippen LogP contribution in [0.15, 0.2) is 24.3 Å². The van der Waals surface area contributed by atoms with Gasteiger partial charge in [-0.25, -0.2) is 0 Å². The third kappa shape index (κ3) is 3.13. The summed E-state index contributed by atoms with van der Waals surface area (Å²) >= 11 is 5.92. The molecule has 2 rings (SSSR count). The van der Waals surface area contributed by atoms with E-state index in [1.54, 1.807) is 0 Å². The molecular formula is C13H18ClNO. The normalized spacial score (nSPS) is 24.6. The monoisotopic (exact) mass is 239 g/mol. The van der Waals surface area contributed by atoms with E-state index in [1.165, 1.54) is 6.42 Å². The average Bonchev–Trinajstić information content (AvgIpc) is 2.66. The van der Waals surface area contributed by atoms with Crippen LogP contribution in [-0.2, 0) is 0 Å². The zero-order chi connectivity index (χ0) is 11.4. The Morgan fingerprint density at radius 3 is 3.06 bits per heavy atom. The van der Waals surface area contributed by atoms with Crippen molar-refractivity contribution in [3.05, 3.63) is 29.3 Å². The summed E-state index contributed by atoms with van der Waals surface area (Å²) in [5.41, 5.74) is 0. The van der Waals surface area contributed by atoms with Crippen molar-refractivity contribution in [3.8, 4) is 5.75 Å². The third-order valence-corrected chi connectivity index (χ3v) is 3.32. The van der Waals surface area contributed by atoms with Crippen LogP contribution in [0.1, 0.15) is 19.3 Å². The highest BCUT2D eigenvalue weighted by atomic mass is 35.5. The van der Waals surface area contributed by atoms with Gasteiger partial charge in [0.1, 0.15) is 5.75 Å². The molecule has 1 aliphatic rings. The maximum Gasteiger partial charge on any atom is 0.121 e. The van der Waals surface area contributed by atoms with Crippen molar-refractivity contribution >= 4 is 11.6 Å². The van der Waals surface area contributed by atoms with E-state index in [0.29, 0.717) is 6.10 Å². The van der Waals surface area contributed by atoms with Gasteiger partial charge in [0.15, 0.2) is 0 Å². The number of hydrogen-bond donors (Lipinski definition) is 1. The minimum atomic E-state index is 0.358. The fraction of sp³-hybridized carbons (Fsp3) is 0.538. The van der Waals surface area contributed by atoms with Crippen LogP contribution >= 0.6 is 11.6 Å². The Morgan fingerprint density at radius 2 is 2.31 bits per heavy atom. The maximum absolute atomic E-state index is 5.92. The summed E-state index contributed by atoms with van der Waals surface area (Å²) in [6, 6.07) is 7.65. The van der Waals surface area contributed by atoms with E-state index in [1.807, 2.05) is 31.3 Å². The second-order valence-corrected chi connectivity index (χ2v) is 4.87. The summed E-state index contributed by atoms with van der Waals surface area (Å²) in [6.07, 6.45) is 3.91. The summed E-state index contributed by atoms with van der Waals surface area (Å²) in [7, 11) is 2.01. The van der Waals surface area contributed by atoms with E-state index < -0.39 is 0 Å². The van der Waals surface area contributed by atoms with Crippen molar-refractivity contribution < 1.29 is 4.74 Å². The second-order valence-electron chi connectivity index (χ2n) is 4.43. The Balaban J connectivity index is 1.87. The van der Waals surface area contributed by atoms with Gasteiger partial charge < -0.3 is 10.1 Å². The molecule has 1 N–H and O–H groups in total. The van der Waals surface area contributed by atoms with E-state index in [4.69, 9.17) is 16.3 Å². The molecule has 0 radical (unpaired) electrons. The first-order valence-electron chi connectivity index (χ1n) is 5.84. The number of nitrogens with one attached hydrogen (secondary N) is 1. The molecule has 1 fully saturated rings. The Bertz CT molecular complexity index is 342. The molecule has 0 aromatic heterocycles. The highest BCUT2D eigenvalue weighted by Crippen LogP contribution is 2.29. The highest BCUT2D eigenvalue weighted by Gasteiger charge is 2.25. The molecule has 1 aromatic rings. The molecule has 0 amide bonds. The van der Waals surface area contributed by atoms with E-state index in [2.05, 4.69) is 5.32 Å². The largest absolute Gasteiger partial charge is 0.490 e. The zero-order valence-corrected chi connectivity index (χ0v) is 10.3. The zero-order valence-electron chi connectivity index (χ0n) is 9.58. The molecule has 0 spiro atoms. The van der Waals surface area contributed by atoms with Crippen molar-refractivity contribution in [1.82, 2.24) is 5.32 Å². The number of rotatable bonds is 4. The minimum absolute atomic E-state index is 0.358. The average molecular weight is 240 g/mol. The van der Waals surface area contributed by atoms with Gasteiger partial charge in [0.25, 0.3) is 0 Å². The molecule has 88 valence electrons. The lowest BCUT2D eigenvalue weighted by Crippen LogP contribution is -2.18. The van der Waals surface area contributed by atoms with Crippen molar-refractivity contribution in [2.45, 2.75) is 25.4 Å². The van der Waals surface area contributed by atoms with Gasteiger partial charge in [-0.05, 0) is 57.0 Å². The molecule has 3 heteroatoms. The Kier molecular flexibility index (Phi) is 4.08. The Labute approximate surface area is 102 Å². The summed E-state index contributed by atoms with van der Waals surface area (Å²) in [5, 5.41) is 3.96. The van der Waals surface area contributed by atoms with Gasteiger partial charge in [-0.1, -0.05) is 17.7 Å². The molecule has 2 atom stereocenters. The molecule has 0 saturated heterocycles. The lowest BCUT2D eigenvalue weighted by Gasteiger charge is -2.14. The quantitative estimate of drug-likeness (QED) is 0.872. The summed E-state index contributed by atoms with van der Waals surface area (Å²) in [6.45, 7) is 1.09. The lowest BCUT2D eigenvalue weighted by atomic mass is 10.1. The van der Waals surface area contributed by atoms with Gasteiger partial charge in [0.2, 0.25) is 0 Å². The number of benzene rings is 1. The van der Waals surface area contributed by atoms with Crippen LogP contribution in [0.3, 0.4) is 0 Å². The Morgan fingerprint density at radius 1 is 1.44 bits per heavy atom. The first-order valence-corrected chi connectivity index (χ1v) is 6.22. The first kappa shape index (κ1) is 11.7. The van der Waals surface area contributed by atoms with E-state index in [-0.39, 0.29) is 0 Å². The predicted octanol–water partition coefficient (Wildman–Crippen LogP) is 3.11. The van der Waals surface area contributed by atoms with Crippen LogP contribution in [0.5, 0.6) is 5.75 Å². The summed E-state index contributed by atoms with van der Waals surface area (Å²) < 4.78 is 5.92. The molecule has 0 heterocycles. The SMILES string of the molecule is CNCC1CCC(Oc2cccc(Cl)c2)C1. The standard InChI is InChI=1S/C13H18ClNO/c1-15-9-10-5-6-13(7-10)16-12-4-2-3-11(14)8-12/h2-4,8,10,13,15H,5-7,9H2,1H3. The topological polar surface area (TPSA) is 21.3 Å². The number of hydrogen-bond acceptors (Lipinski definition) is 2. The van der Waals surface area contributed by atoms with Gasteiger partial charge in [-0.3, -0.25) is 0 Å². The van der Waals surface area contributed by atoms with Crippen LogP contribution < -0.4 is 10.1 Å². The summed E-state index contributed by atoms with van der Waals surface area (Å²) in [4.78, 5) is 0. The van der Waals surface area contributed by atoms with Crippen molar-refractivity contribution in [1.29, 1.82) is 0 Å². The fourth-order valence-corrected chi connectivity index (χ4v) is 2.52. The minimum Gasteiger partial charge on any atom is -0.490 e. The van der Waals surface area contributed by atoms with Gasteiger partial charge in [-0.15, -0.1) is 0 Å². The molecule has 2 unspecified atom stereocenters. The molecule has 1 aliphatic carbocycles. The lowest BCUT2D eigenvalue weighted by molar-refractivity contribution is 0.204. The van der Waals surface area contributed by atoms with Crippen LogP contribution in [0.25, 0.3) is 0 Å². The Hall–Kier alpha value is -0.730. The smallest absolute Gasteiger partial charge is 0.121 e. The van der Waals surface area contributed by atoms with Crippen molar-refractivity contribution in [2.24, 2.45) is 5.92 Å². The number of halogens is 1. The first-order chi connectivity index (χ1) is 7.78. The van der Waals surface area contributed by atoms with Gasteiger partial charge in [-0.2, -0.15) is 0 Å². The van der Waals surface area contributed by atoms with E-state index >= 15 is 0 Å². The fourth-order valence-electron chi connectivity index (χ4n) is 2.34. The molecule has 1 aromatic carbocycles. The van der Waals surface area contributed by atoms with Crippen LogP contribution in [-0.4, -0.2) is 19.7 Å². The summed E-state index contributed by atoms with van der Waals surface area (Å²) in [5.74, 6) is 1.65. The second kappa shape index (κ2) is 5.55. The van der Waals surface area contributed by atoms with Gasteiger partial charge in [0, 0.05) is 5.02 Å². The van der Waals surface area contributed by atoms with Crippen LogP contribution in [0, 0.1) is 5.92 Å². The van der Waals surface area contributed by atoms with E-state index in [0.717, 1.165) is 36.1 Å². The van der Waals surface area contributed by atoms with Gasteiger partial charge >= 0.3 is 0 Å². The van der Waals surface area contributed by atoms with Crippen LogP contribution in [0.2, 0.25) is 5.02 Å². The van der Waals surface area contributed by atoms with E-state index in [9.17, 15) is 0 Å². The highest BCUT2D eigenvalue weighted by molar-refractivity contribution is 6.30.